The van der Waals surface area contributed by atoms with Crippen molar-refractivity contribution >= 4 is 11.8 Å². The number of hydrogen-bond acceptors (Lipinski definition) is 3. The number of nitrogens with zero attached hydrogens (tertiary/aromatic N) is 1. The zero-order valence-corrected chi connectivity index (χ0v) is 12.6. The molecule has 2 amide bonds. The predicted octanol–water partition coefficient (Wildman–Crippen LogP) is 2.06. The topological polar surface area (TPSA) is 69.6 Å². The molecule has 0 bridgehead atoms. The van der Waals surface area contributed by atoms with Crippen LogP contribution in [-0.2, 0) is 16.0 Å². The number of carbonyl (C=O) groups is 2. The molecule has 0 fully saturated rings. The van der Waals surface area contributed by atoms with Gasteiger partial charge in [0, 0.05) is 25.1 Å². The minimum atomic E-state index is -0.412. The van der Waals surface area contributed by atoms with Crippen molar-refractivity contribution in [3.05, 3.63) is 47.5 Å². The molecule has 0 spiro atoms. The quantitative estimate of drug-likeness (QED) is 0.598. The summed E-state index contributed by atoms with van der Waals surface area (Å²) in [5, 5.41) is 8.45. The van der Waals surface area contributed by atoms with E-state index in [9.17, 15) is 9.59 Å². The van der Waals surface area contributed by atoms with Crippen LogP contribution >= 0.6 is 0 Å². The molecule has 0 unspecified atom stereocenters. The Balaban J connectivity index is 1.81. The van der Waals surface area contributed by atoms with E-state index in [4.69, 9.17) is 5.21 Å². The van der Waals surface area contributed by atoms with Crippen molar-refractivity contribution in [3.63, 3.8) is 0 Å². The van der Waals surface area contributed by atoms with Gasteiger partial charge in [-0.1, -0.05) is 36.4 Å². The van der Waals surface area contributed by atoms with Crippen molar-refractivity contribution in [3.8, 4) is 0 Å². The van der Waals surface area contributed by atoms with E-state index in [0.29, 0.717) is 12.8 Å². The molecule has 1 aromatic carbocycles. The van der Waals surface area contributed by atoms with Crippen LogP contribution in [0.25, 0.3) is 0 Å². The Morgan fingerprint density at radius 3 is 2.73 bits per heavy atom. The first-order valence-corrected chi connectivity index (χ1v) is 7.66. The summed E-state index contributed by atoms with van der Waals surface area (Å²) in [7, 11) is 0. The zero-order chi connectivity index (χ0) is 15.8. The van der Waals surface area contributed by atoms with E-state index < -0.39 is 5.91 Å². The fourth-order valence-electron chi connectivity index (χ4n) is 2.61. The van der Waals surface area contributed by atoms with Gasteiger partial charge in [-0.2, -0.15) is 0 Å². The van der Waals surface area contributed by atoms with Crippen LogP contribution in [0.3, 0.4) is 0 Å². The Kier molecular flexibility index (Phi) is 6.15. The summed E-state index contributed by atoms with van der Waals surface area (Å²) in [5.41, 5.74) is 3.62. The van der Waals surface area contributed by atoms with E-state index in [0.717, 1.165) is 31.5 Å². The third-order valence-electron chi connectivity index (χ3n) is 3.84. The van der Waals surface area contributed by atoms with E-state index in [2.05, 4.69) is 12.1 Å². The molecule has 0 radical (unpaired) electrons. The molecule has 22 heavy (non-hydrogen) atoms. The SMILES string of the molecule is O=C(CCCC1=CCCN(CCc2ccccc2)C1=O)NO. The van der Waals surface area contributed by atoms with Crippen LogP contribution < -0.4 is 5.48 Å². The van der Waals surface area contributed by atoms with Crippen molar-refractivity contribution in [2.75, 3.05) is 13.1 Å². The lowest BCUT2D eigenvalue weighted by Gasteiger charge is -2.27. The Morgan fingerprint density at radius 2 is 2.00 bits per heavy atom. The van der Waals surface area contributed by atoms with Gasteiger partial charge in [-0.05, 0) is 31.2 Å². The fourth-order valence-corrected chi connectivity index (χ4v) is 2.61. The highest BCUT2D eigenvalue weighted by Crippen LogP contribution is 2.17. The molecule has 0 saturated heterocycles. The summed E-state index contributed by atoms with van der Waals surface area (Å²) in [6, 6.07) is 10.1. The van der Waals surface area contributed by atoms with E-state index in [1.165, 1.54) is 5.56 Å². The highest BCUT2D eigenvalue weighted by molar-refractivity contribution is 5.94. The molecule has 0 saturated carbocycles. The summed E-state index contributed by atoms with van der Waals surface area (Å²) in [6.07, 6.45) is 5.06. The molecule has 2 rings (SSSR count). The first-order valence-electron chi connectivity index (χ1n) is 7.66. The highest BCUT2D eigenvalue weighted by atomic mass is 16.5. The monoisotopic (exact) mass is 302 g/mol. The first kappa shape index (κ1) is 16.2. The molecule has 1 aliphatic heterocycles. The van der Waals surface area contributed by atoms with Crippen LogP contribution in [0, 0.1) is 0 Å². The van der Waals surface area contributed by atoms with Gasteiger partial charge in [0.15, 0.2) is 0 Å². The van der Waals surface area contributed by atoms with Crippen molar-refractivity contribution in [1.29, 1.82) is 0 Å². The molecular weight excluding hydrogens is 280 g/mol. The van der Waals surface area contributed by atoms with Crippen LogP contribution in [-0.4, -0.2) is 35.0 Å². The lowest BCUT2D eigenvalue weighted by Crippen LogP contribution is -2.37. The van der Waals surface area contributed by atoms with Gasteiger partial charge in [0.1, 0.15) is 0 Å². The van der Waals surface area contributed by atoms with Crippen LogP contribution in [0.5, 0.6) is 0 Å². The second-order valence-corrected chi connectivity index (χ2v) is 5.43. The number of carbonyl (C=O) groups excluding carboxylic acids is 2. The zero-order valence-electron chi connectivity index (χ0n) is 12.6. The number of benzene rings is 1. The third kappa shape index (κ3) is 4.70. The van der Waals surface area contributed by atoms with Gasteiger partial charge in [-0.25, -0.2) is 5.48 Å². The highest BCUT2D eigenvalue weighted by Gasteiger charge is 2.21. The largest absolute Gasteiger partial charge is 0.338 e. The van der Waals surface area contributed by atoms with E-state index in [-0.39, 0.29) is 12.3 Å². The Hall–Kier alpha value is -2.14. The number of hydroxylamine groups is 1. The average molecular weight is 302 g/mol. The minimum Gasteiger partial charge on any atom is -0.338 e. The number of hydrogen-bond donors (Lipinski definition) is 2. The Labute approximate surface area is 130 Å². The molecule has 0 aliphatic carbocycles. The summed E-state index contributed by atoms with van der Waals surface area (Å²) in [5.74, 6) is -0.337. The van der Waals surface area contributed by atoms with Gasteiger partial charge in [0.2, 0.25) is 11.8 Å². The fraction of sp³-hybridized carbons (Fsp3) is 0.412. The molecule has 5 nitrogen and oxygen atoms in total. The van der Waals surface area contributed by atoms with Gasteiger partial charge >= 0.3 is 0 Å². The lowest BCUT2D eigenvalue weighted by molar-refractivity contribution is -0.130. The Bertz CT molecular complexity index is 540. The first-order chi connectivity index (χ1) is 10.7. The van der Waals surface area contributed by atoms with Gasteiger partial charge in [0.25, 0.3) is 0 Å². The van der Waals surface area contributed by atoms with E-state index >= 15 is 0 Å². The van der Waals surface area contributed by atoms with Gasteiger partial charge in [-0.15, -0.1) is 0 Å². The average Bonchev–Trinajstić information content (AvgIpc) is 2.56. The van der Waals surface area contributed by atoms with E-state index in [1.54, 1.807) is 5.48 Å². The smallest absolute Gasteiger partial charge is 0.249 e. The maximum Gasteiger partial charge on any atom is 0.249 e. The molecular formula is C17H22N2O3. The molecule has 2 N–H and O–H groups in total. The van der Waals surface area contributed by atoms with Crippen LogP contribution in [0.2, 0.25) is 0 Å². The number of amides is 2. The summed E-state index contributed by atoms with van der Waals surface area (Å²) in [6.45, 7) is 1.48. The predicted molar refractivity (Wildman–Crippen MR) is 83.2 cm³/mol. The molecule has 1 heterocycles. The van der Waals surface area contributed by atoms with E-state index in [1.807, 2.05) is 29.2 Å². The molecule has 5 heteroatoms. The molecule has 1 aromatic rings. The Morgan fingerprint density at radius 1 is 1.23 bits per heavy atom. The minimum absolute atomic E-state index is 0.0755. The molecule has 1 aliphatic rings. The standard InChI is InChI=1S/C17H22N2O3/c20-16(18-22)10-4-8-15-9-5-12-19(17(15)21)13-11-14-6-2-1-3-7-14/h1-3,6-7,9,22H,4-5,8,10-13H2,(H,18,20). The van der Waals surface area contributed by atoms with Gasteiger partial charge < -0.3 is 4.90 Å². The summed E-state index contributed by atoms with van der Waals surface area (Å²) >= 11 is 0. The van der Waals surface area contributed by atoms with Crippen LogP contribution in [0.4, 0.5) is 0 Å². The van der Waals surface area contributed by atoms with Crippen molar-refractivity contribution in [1.82, 2.24) is 10.4 Å². The second kappa shape index (κ2) is 8.34. The van der Waals surface area contributed by atoms with Gasteiger partial charge in [0.05, 0.1) is 0 Å². The van der Waals surface area contributed by atoms with Gasteiger partial charge in [-0.3, -0.25) is 14.8 Å². The third-order valence-corrected chi connectivity index (χ3v) is 3.84. The van der Waals surface area contributed by atoms with Crippen LogP contribution in [0.15, 0.2) is 42.0 Å². The van der Waals surface area contributed by atoms with Crippen molar-refractivity contribution in [2.45, 2.75) is 32.1 Å². The molecule has 0 atom stereocenters. The number of nitrogens with one attached hydrogen (secondary N) is 1. The summed E-state index contributed by atoms with van der Waals surface area (Å²) < 4.78 is 0. The van der Waals surface area contributed by atoms with Crippen molar-refractivity contribution < 1.29 is 14.8 Å². The van der Waals surface area contributed by atoms with Crippen molar-refractivity contribution in [2.24, 2.45) is 0 Å². The molecule has 118 valence electrons. The second-order valence-electron chi connectivity index (χ2n) is 5.43. The maximum atomic E-state index is 12.4. The van der Waals surface area contributed by atoms with Crippen LogP contribution in [0.1, 0.15) is 31.2 Å². The number of rotatable bonds is 7. The lowest BCUT2D eigenvalue weighted by atomic mass is 10.0. The summed E-state index contributed by atoms with van der Waals surface area (Å²) in [4.78, 5) is 25.3. The molecule has 0 aromatic heterocycles. The normalized spacial score (nSPS) is 14.7. The maximum absolute atomic E-state index is 12.4.